The third kappa shape index (κ3) is 2.49. The molecule has 176 valence electrons. The van der Waals surface area contributed by atoms with Gasteiger partial charge >= 0.3 is 11.9 Å². The number of rotatable bonds is 4. The van der Waals surface area contributed by atoms with Crippen LogP contribution in [0.4, 0.5) is 0 Å². The average molecular weight is 444 g/mol. The molecule has 7 bridgehead atoms. The molecule has 32 heavy (non-hydrogen) atoms. The highest BCUT2D eigenvalue weighted by atomic mass is 16.6. The fourth-order valence-corrected chi connectivity index (χ4v) is 9.80. The largest absolute Gasteiger partial charge is 0.465 e. The topological polar surface area (TPSA) is 65.1 Å². The number of hydrogen-bond donors (Lipinski definition) is 0. The van der Waals surface area contributed by atoms with E-state index < -0.39 is 0 Å². The lowest BCUT2D eigenvalue weighted by Gasteiger charge is -2.79. The fourth-order valence-electron chi connectivity index (χ4n) is 9.80. The quantitative estimate of drug-likeness (QED) is 0.488. The molecule has 0 N–H and O–H groups in total. The predicted octanol–water partition coefficient (Wildman–Crippen LogP) is 3.69. The van der Waals surface area contributed by atoms with Gasteiger partial charge in [0.05, 0.1) is 6.10 Å². The second kappa shape index (κ2) is 6.82. The number of nitrogens with zero attached hydrogens (tertiary/aromatic N) is 1. The van der Waals surface area contributed by atoms with Crippen molar-refractivity contribution in [2.45, 2.75) is 84.2 Å². The van der Waals surface area contributed by atoms with Gasteiger partial charge in [-0.05, 0) is 67.3 Å². The zero-order valence-corrected chi connectivity index (χ0v) is 19.7. The van der Waals surface area contributed by atoms with Gasteiger partial charge in [0, 0.05) is 37.8 Å². The lowest BCUT2D eigenvalue weighted by molar-refractivity contribution is -0.405. The van der Waals surface area contributed by atoms with Crippen molar-refractivity contribution in [2.75, 3.05) is 19.7 Å². The monoisotopic (exact) mass is 443 g/mol. The molecule has 3 aliphatic heterocycles. The molecule has 2 spiro atoms. The van der Waals surface area contributed by atoms with Crippen LogP contribution in [-0.4, -0.2) is 55.0 Å². The van der Waals surface area contributed by atoms with Crippen LogP contribution in [0.2, 0.25) is 0 Å². The van der Waals surface area contributed by atoms with E-state index in [1.807, 2.05) is 0 Å². The summed E-state index contributed by atoms with van der Waals surface area (Å²) in [5.74, 6) is 1.18. The first-order chi connectivity index (χ1) is 15.2. The Balaban J connectivity index is 1.42. The zero-order valence-electron chi connectivity index (χ0n) is 19.7. The SMILES string of the molecule is C=C1[C@@H]2CC[C@@]3([C@@H](C2)[C@@]24CCC[C@@]5(C)CN(CCOC(C)=O)[C@@H]2O[C@@H]3C[C@H]54)[C@H]1OC(C)=O. The van der Waals surface area contributed by atoms with Gasteiger partial charge in [0.2, 0.25) is 0 Å². The summed E-state index contributed by atoms with van der Waals surface area (Å²) in [5.41, 5.74) is 1.36. The third-order valence-corrected chi connectivity index (χ3v) is 10.6. The van der Waals surface area contributed by atoms with E-state index in [9.17, 15) is 9.59 Å². The Morgan fingerprint density at radius 3 is 2.69 bits per heavy atom. The summed E-state index contributed by atoms with van der Waals surface area (Å²) in [7, 11) is 0. The van der Waals surface area contributed by atoms with Crippen molar-refractivity contribution >= 4 is 11.9 Å². The van der Waals surface area contributed by atoms with Gasteiger partial charge in [-0.1, -0.05) is 19.9 Å². The minimum atomic E-state index is -0.221. The highest BCUT2D eigenvalue weighted by Crippen LogP contribution is 2.78. The van der Waals surface area contributed by atoms with Crippen molar-refractivity contribution < 1.29 is 23.8 Å². The molecule has 0 unspecified atom stereocenters. The van der Waals surface area contributed by atoms with Crippen LogP contribution in [0.15, 0.2) is 12.2 Å². The summed E-state index contributed by atoms with van der Waals surface area (Å²) in [4.78, 5) is 26.0. The van der Waals surface area contributed by atoms with E-state index in [0.717, 1.165) is 44.3 Å². The number of likely N-dealkylation sites (tertiary alicyclic amines) is 1. The van der Waals surface area contributed by atoms with E-state index >= 15 is 0 Å². The maximum Gasteiger partial charge on any atom is 0.303 e. The van der Waals surface area contributed by atoms with Crippen LogP contribution in [0.1, 0.15) is 65.7 Å². The van der Waals surface area contributed by atoms with Gasteiger partial charge in [-0.15, -0.1) is 0 Å². The maximum absolute atomic E-state index is 12.1. The summed E-state index contributed by atoms with van der Waals surface area (Å²) in [6.45, 7) is 12.1. The van der Waals surface area contributed by atoms with Crippen LogP contribution >= 0.6 is 0 Å². The number of piperidine rings is 1. The highest BCUT2D eigenvalue weighted by Gasteiger charge is 2.79. The van der Waals surface area contributed by atoms with Crippen molar-refractivity contribution in [1.29, 1.82) is 0 Å². The molecule has 6 heteroatoms. The van der Waals surface area contributed by atoms with Crippen LogP contribution in [0.5, 0.6) is 0 Å². The Bertz CT molecular complexity index is 872. The molecule has 9 atom stereocenters. The number of carbonyl (C=O) groups is 2. The first-order valence-electron chi connectivity index (χ1n) is 12.6. The van der Waals surface area contributed by atoms with E-state index in [1.54, 1.807) is 0 Å². The van der Waals surface area contributed by atoms with E-state index in [1.165, 1.54) is 33.1 Å². The van der Waals surface area contributed by atoms with Crippen LogP contribution < -0.4 is 0 Å². The lowest BCUT2D eigenvalue weighted by atomic mass is 9.32. The summed E-state index contributed by atoms with van der Waals surface area (Å²) in [6, 6.07) is 0. The van der Waals surface area contributed by atoms with Gasteiger partial charge in [0.25, 0.3) is 0 Å². The summed E-state index contributed by atoms with van der Waals surface area (Å²) < 4.78 is 18.4. The van der Waals surface area contributed by atoms with E-state index in [0.29, 0.717) is 24.4 Å². The third-order valence-electron chi connectivity index (χ3n) is 10.6. The minimum absolute atomic E-state index is 0.0800. The second-order valence-electron chi connectivity index (χ2n) is 11.9. The molecule has 0 aromatic heterocycles. The number of carbonyl (C=O) groups excluding carboxylic acids is 2. The molecule has 0 radical (unpaired) electrons. The normalized spacial score (nSPS) is 50.7. The number of esters is 2. The smallest absolute Gasteiger partial charge is 0.303 e. The standard InChI is InChI=1S/C26H37NO5/c1-15-18-6-9-26(22(15)31-17(3)29)20(12-18)25-8-5-7-24(4)14-27(10-11-30-16(2)28)23(25)32-21(26)13-19(24)25/h18-23H,1,5-14H2,2-4H3/t18-,19-,20+,21-,22+,23-,24+,25+,26+/m1/s1. The Labute approximate surface area is 191 Å². The maximum atomic E-state index is 12.1. The van der Waals surface area contributed by atoms with Gasteiger partial charge < -0.3 is 14.2 Å². The molecule has 0 aromatic carbocycles. The van der Waals surface area contributed by atoms with Crippen LogP contribution in [0.3, 0.4) is 0 Å². The molecule has 8 fully saturated rings. The van der Waals surface area contributed by atoms with E-state index in [4.69, 9.17) is 14.2 Å². The molecule has 3 heterocycles. The Morgan fingerprint density at radius 2 is 1.94 bits per heavy atom. The van der Waals surface area contributed by atoms with Gasteiger partial charge in [-0.2, -0.15) is 0 Å². The van der Waals surface area contributed by atoms with Crippen molar-refractivity contribution in [3.63, 3.8) is 0 Å². The molecule has 5 aliphatic carbocycles. The van der Waals surface area contributed by atoms with Crippen LogP contribution in [0, 0.1) is 34.0 Å². The van der Waals surface area contributed by atoms with E-state index in [2.05, 4.69) is 18.4 Å². The number of hydrogen-bond acceptors (Lipinski definition) is 6. The lowest BCUT2D eigenvalue weighted by Crippen LogP contribution is -2.82. The fraction of sp³-hybridized carbons (Fsp3) is 0.846. The van der Waals surface area contributed by atoms with E-state index in [-0.39, 0.29) is 46.6 Å². The molecule has 8 rings (SSSR count). The Kier molecular flexibility index (Phi) is 4.51. The molecular formula is C26H37NO5. The summed E-state index contributed by atoms with van der Waals surface area (Å²) in [6.07, 6.45) is 8.13. The highest BCUT2D eigenvalue weighted by molar-refractivity contribution is 5.67. The van der Waals surface area contributed by atoms with Gasteiger partial charge in [-0.25, -0.2) is 0 Å². The first kappa shape index (κ1) is 21.2. The van der Waals surface area contributed by atoms with Crippen molar-refractivity contribution in [2.24, 2.45) is 34.0 Å². The molecular weight excluding hydrogens is 406 g/mol. The van der Waals surface area contributed by atoms with Crippen LogP contribution in [0.25, 0.3) is 0 Å². The Morgan fingerprint density at radius 1 is 1.12 bits per heavy atom. The van der Waals surface area contributed by atoms with Crippen molar-refractivity contribution in [3.8, 4) is 0 Å². The molecule has 3 saturated heterocycles. The minimum Gasteiger partial charge on any atom is -0.465 e. The zero-order chi connectivity index (χ0) is 22.5. The predicted molar refractivity (Wildman–Crippen MR) is 117 cm³/mol. The second-order valence-corrected chi connectivity index (χ2v) is 11.9. The summed E-state index contributed by atoms with van der Waals surface area (Å²) in [5, 5.41) is 0. The van der Waals surface area contributed by atoms with Crippen molar-refractivity contribution in [3.05, 3.63) is 12.2 Å². The van der Waals surface area contributed by atoms with Crippen LogP contribution in [-0.2, 0) is 23.8 Å². The van der Waals surface area contributed by atoms with Gasteiger partial charge in [0.15, 0.2) is 0 Å². The molecule has 8 aliphatic rings. The molecule has 0 aromatic rings. The van der Waals surface area contributed by atoms with Gasteiger partial charge in [-0.3, -0.25) is 14.5 Å². The molecule has 0 amide bonds. The molecule has 6 nitrogen and oxygen atoms in total. The summed E-state index contributed by atoms with van der Waals surface area (Å²) >= 11 is 0. The van der Waals surface area contributed by atoms with Gasteiger partial charge in [0.1, 0.15) is 18.9 Å². The Hall–Kier alpha value is -1.40. The average Bonchev–Trinajstić information content (AvgIpc) is 2.73. The molecule has 5 saturated carbocycles. The number of ether oxygens (including phenoxy) is 3. The number of fused-ring (bicyclic) bond motifs is 2. The van der Waals surface area contributed by atoms with Crippen molar-refractivity contribution in [1.82, 2.24) is 4.90 Å². The first-order valence-corrected chi connectivity index (χ1v) is 12.6.